The van der Waals surface area contributed by atoms with Crippen LogP contribution < -0.4 is 10.6 Å². The van der Waals surface area contributed by atoms with Crippen molar-refractivity contribution >= 4 is 33.6 Å². The van der Waals surface area contributed by atoms with Crippen molar-refractivity contribution < 1.29 is 14.7 Å². The molecule has 116 valence electrons. The Morgan fingerprint density at radius 2 is 1.90 bits per heavy atom. The molecule has 0 radical (unpaired) electrons. The third-order valence-electron chi connectivity index (χ3n) is 3.58. The minimum Gasteiger partial charge on any atom is -0.478 e. The van der Waals surface area contributed by atoms with Crippen molar-refractivity contribution in [2.45, 2.75) is 39.7 Å². The first-order chi connectivity index (χ1) is 9.88. The second kappa shape index (κ2) is 8.02. The number of carboxylic acids is 1. The van der Waals surface area contributed by atoms with E-state index >= 15 is 0 Å². The van der Waals surface area contributed by atoms with Crippen LogP contribution in [0.4, 0.5) is 10.5 Å². The van der Waals surface area contributed by atoms with E-state index in [1.807, 2.05) is 6.92 Å². The fourth-order valence-electron chi connectivity index (χ4n) is 2.23. The van der Waals surface area contributed by atoms with Crippen molar-refractivity contribution in [3.63, 3.8) is 0 Å². The molecule has 1 rings (SSSR count). The summed E-state index contributed by atoms with van der Waals surface area (Å²) in [6, 6.07) is 4.26. The molecule has 0 saturated carbocycles. The van der Waals surface area contributed by atoms with Gasteiger partial charge in [-0.1, -0.05) is 26.7 Å². The summed E-state index contributed by atoms with van der Waals surface area (Å²) in [7, 11) is 0. The maximum Gasteiger partial charge on any atom is 0.335 e. The van der Waals surface area contributed by atoms with Crippen molar-refractivity contribution in [2.75, 3.05) is 5.32 Å². The molecule has 1 aromatic rings. The summed E-state index contributed by atoms with van der Waals surface area (Å²) in [6.45, 7) is 6.19. The lowest BCUT2D eigenvalue weighted by atomic mass is 9.96. The number of aromatic carboxylic acids is 1. The number of hydrogen-bond donors (Lipinski definition) is 3. The molecule has 0 aliphatic heterocycles. The van der Waals surface area contributed by atoms with Crippen molar-refractivity contribution in [3.8, 4) is 0 Å². The zero-order valence-electron chi connectivity index (χ0n) is 12.4. The Labute approximate surface area is 133 Å². The first-order valence-electron chi connectivity index (χ1n) is 6.99. The maximum absolute atomic E-state index is 12.0. The van der Waals surface area contributed by atoms with E-state index in [-0.39, 0.29) is 17.6 Å². The van der Waals surface area contributed by atoms with Gasteiger partial charge in [-0.05, 0) is 47.0 Å². The van der Waals surface area contributed by atoms with E-state index in [2.05, 4.69) is 40.4 Å². The molecule has 5 nitrogen and oxygen atoms in total. The highest BCUT2D eigenvalue weighted by atomic mass is 79.9. The Morgan fingerprint density at radius 3 is 2.38 bits per heavy atom. The van der Waals surface area contributed by atoms with Crippen molar-refractivity contribution in [1.29, 1.82) is 0 Å². The third kappa shape index (κ3) is 5.04. The molecule has 0 bridgehead atoms. The molecule has 0 saturated heterocycles. The van der Waals surface area contributed by atoms with E-state index in [4.69, 9.17) is 5.11 Å². The van der Waals surface area contributed by atoms with E-state index in [9.17, 15) is 9.59 Å². The molecule has 0 aromatic heterocycles. The lowest BCUT2D eigenvalue weighted by Crippen LogP contribution is -2.40. The predicted octanol–water partition coefficient (Wildman–Crippen LogP) is 4.09. The van der Waals surface area contributed by atoms with Gasteiger partial charge < -0.3 is 15.7 Å². The molecule has 21 heavy (non-hydrogen) atoms. The number of amides is 2. The Hall–Kier alpha value is -1.56. The number of urea groups is 1. The number of carboxylic acid groups (broad SMARTS) is 1. The third-order valence-corrected chi connectivity index (χ3v) is 4.23. The molecule has 1 unspecified atom stereocenters. The van der Waals surface area contributed by atoms with E-state index in [1.54, 1.807) is 6.07 Å². The fraction of sp³-hybridized carbons (Fsp3) is 0.467. The highest BCUT2D eigenvalue weighted by molar-refractivity contribution is 9.10. The van der Waals surface area contributed by atoms with Crippen molar-refractivity contribution in [3.05, 3.63) is 28.2 Å². The van der Waals surface area contributed by atoms with Gasteiger partial charge in [-0.3, -0.25) is 0 Å². The van der Waals surface area contributed by atoms with Crippen LogP contribution in [-0.4, -0.2) is 23.1 Å². The number of hydrogen-bond acceptors (Lipinski definition) is 2. The zero-order valence-corrected chi connectivity index (χ0v) is 14.0. The van der Waals surface area contributed by atoms with Crippen molar-refractivity contribution in [1.82, 2.24) is 5.32 Å². The van der Waals surface area contributed by atoms with Crippen LogP contribution >= 0.6 is 15.9 Å². The molecule has 0 fully saturated rings. The summed E-state index contributed by atoms with van der Waals surface area (Å²) in [6.07, 6.45) is 2.02. The van der Waals surface area contributed by atoms with Gasteiger partial charge in [0.15, 0.2) is 0 Å². The Balaban J connectivity index is 2.69. The van der Waals surface area contributed by atoms with E-state index < -0.39 is 5.97 Å². The number of nitrogens with one attached hydrogen (secondary N) is 2. The fourth-order valence-corrected chi connectivity index (χ4v) is 2.71. The molecule has 1 atom stereocenters. The van der Waals surface area contributed by atoms with Gasteiger partial charge in [0.05, 0.1) is 11.3 Å². The Morgan fingerprint density at radius 1 is 1.29 bits per heavy atom. The summed E-state index contributed by atoms with van der Waals surface area (Å²) in [4.78, 5) is 22.8. The quantitative estimate of drug-likeness (QED) is 0.717. The minimum absolute atomic E-state index is 0.0806. The molecule has 2 amide bonds. The number of halogens is 1. The first kappa shape index (κ1) is 17.5. The average molecular weight is 357 g/mol. The normalized spacial score (nSPS) is 12.0. The first-order valence-corrected chi connectivity index (χ1v) is 7.78. The smallest absolute Gasteiger partial charge is 0.335 e. The lowest BCUT2D eigenvalue weighted by Gasteiger charge is -2.22. The van der Waals surface area contributed by atoms with Crippen LogP contribution in [0, 0.1) is 5.92 Å². The molecule has 1 aromatic carbocycles. The highest BCUT2D eigenvalue weighted by Crippen LogP contribution is 2.23. The standard InChI is InChI=1S/C15H21BrN2O3/c1-4-10(5-2)9(3)17-15(21)18-13-7-6-11(14(19)20)8-12(13)16/h6-10H,4-5H2,1-3H3,(H,19,20)(H2,17,18,21). The molecule has 0 spiro atoms. The molecular weight excluding hydrogens is 336 g/mol. The zero-order chi connectivity index (χ0) is 16.0. The number of anilines is 1. The summed E-state index contributed by atoms with van der Waals surface area (Å²) in [5.41, 5.74) is 0.701. The lowest BCUT2D eigenvalue weighted by molar-refractivity contribution is 0.0697. The number of rotatable bonds is 6. The summed E-state index contributed by atoms with van der Waals surface area (Å²) < 4.78 is 0.535. The number of carbonyl (C=O) groups is 2. The average Bonchev–Trinajstić information content (AvgIpc) is 2.42. The van der Waals surface area contributed by atoms with E-state index in [0.29, 0.717) is 16.1 Å². The topological polar surface area (TPSA) is 78.4 Å². The van der Waals surface area contributed by atoms with Gasteiger partial charge in [0, 0.05) is 10.5 Å². The van der Waals surface area contributed by atoms with Crippen LogP contribution in [0.25, 0.3) is 0 Å². The van der Waals surface area contributed by atoms with Crippen LogP contribution in [0.5, 0.6) is 0 Å². The second-order valence-electron chi connectivity index (χ2n) is 4.96. The van der Waals surface area contributed by atoms with E-state index in [0.717, 1.165) is 12.8 Å². The summed E-state index contributed by atoms with van der Waals surface area (Å²) in [5.74, 6) is -0.567. The van der Waals surface area contributed by atoms with Gasteiger partial charge in [-0.2, -0.15) is 0 Å². The SMILES string of the molecule is CCC(CC)C(C)NC(=O)Nc1ccc(C(=O)O)cc1Br. The Bertz CT molecular complexity index is 516. The Kier molecular flexibility index (Phi) is 6.68. The minimum atomic E-state index is -1.01. The van der Waals surface area contributed by atoms with Gasteiger partial charge >= 0.3 is 12.0 Å². The summed E-state index contributed by atoms with van der Waals surface area (Å²) >= 11 is 3.26. The molecule has 0 heterocycles. The van der Waals surface area contributed by atoms with Gasteiger partial charge in [0.1, 0.15) is 0 Å². The number of carbonyl (C=O) groups excluding carboxylic acids is 1. The van der Waals surface area contributed by atoms with Gasteiger partial charge in [0.2, 0.25) is 0 Å². The molecular formula is C15H21BrN2O3. The molecule has 0 aliphatic rings. The van der Waals surface area contributed by atoms with Crippen LogP contribution in [0.3, 0.4) is 0 Å². The van der Waals surface area contributed by atoms with Gasteiger partial charge in [-0.15, -0.1) is 0 Å². The van der Waals surface area contributed by atoms with Gasteiger partial charge in [0.25, 0.3) is 0 Å². The summed E-state index contributed by atoms with van der Waals surface area (Å²) in [5, 5.41) is 14.5. The monoisotopic (exact) mass is 356 g/mol. The second-order valence-corrected chi connectivity index (χ2v) is 5.82. The van der Waals surface area contributed by atoms with Crippen LogP contribution in [0.2, 0.25) is 0 Å². The van der Waals surface area contributed by atoms with Crippen LogP contribution in [0.15, 0.2) is 22.7 Å². The van der Waals surface area contributed by atoms with Crippen LogP contribution in [-0.2, 0) is 0 Å². The number of benzene rings is 1. The van der Waals surface area contributed by atoms with Crippen molar-refractivity contribution in [2.24, 2.45) is 5.92 Å². The van der Waals surface area contributed by atoms with Crippen LogP contribution in [0.1, 0.15) is 44.0 Å². The molecule has 0 aliphatic carbocycles. The van der Waals surface area contributed by atoms with E-state index in [1.165, 1.54) is 12.1 Å². The van der Waals surface area contributed by atoms with Gasteiger partial charge in [-0.25, -0.2) is 9.59 Å². The predicted molar refractivity (Wildman–Crippen MR) is 86.8 cm³/mol. The maximum atomic E-state index is 12.0. The molecule has 3 N–H and O–H groups in total. The highest BCUT2D eigenvalue weighted by Gasteiger charge is 2.16. The largest absolute Gasteiger partial charge is 0.478 e. The molecule has 6 heteroatoms.